The van der Waals surface area contributed by atoms with Crippen LogP contribution in [0.3, 0.4) is 0 Å². The lowest BCUT2D eigenvalue weighted by molar-refractivity contribution is -0.384. The van der Waals surface area contributed by atoms with Gasteiger partial charge in [-0.25, -0.2) is 0 Å². The quantitative estimate of drug-likeness (QED) is 0.349. The van der Waals surface area contributed by atoms with Crippen LogP contribution in [0.4, 0.5) is 5.69 Å². The third-order valence-corrected chi connectivity index (χ3v) is 3.61. The summed E-state index contributed by atoms with van der Waals surface area (Å²) in [6.07, 6.45) is 1.55. The van der Waals surface area contributed by atoms with Gasteiger partial charge in [0.1, 0.15) is 5.02 Å². The first kappa shape index (κ1) is 17.3. The zero-order chi connectivity index (χ0) is 17.7. The number of ether oxygens (including phenoxy) is 2. The molecule has 0 atom stereocenters. The minimum atomic E-state index is -0.567. The van der Waals surface area contributed by atoms with Gasteiger partial charge >= 0.3 is 0 Å². The molecule has 0 heterocycles. The minimum absolute atomic E-state index is 0.0433. The molecule has 24 heavy (non-hydrogen) atoms. The van der Waals surface area contributed by atoms with E-state index in [1.807, 2.05) is 0 Å². The Balaban J connectivity index is 2.49. The van der Waals surface area contributed by atoms with Gasteiger partial charge in [0.25, 0.3) is 5.69 Å². The average molecular weight is 345 g/mol. The third kappa shape index (κ3) is 3.65. The molecule has 0 N–H and O–H groups in total. The summed E-state index contributed by atoms with van der Waals surface area (Å²) in [5, 5.41) is 20.4. The van der Waals surface area contributed by atoms with Gasteiger partial charge in [-0.2, -0.15) is 5.26 Å². The monoisotopic (exact) mass is 344 g/mol. The van der Waals surface area contributed by atoms with Crippen molar-refractivity contribution in [3.63, 3.8) is 0 Å². The lowest BCUT2D eigenvalue weighted by Crippen LogP contribution is -1.92. The van der Waals surface area contributed by atoms with Gasteiger partial charge < -0.3 is 9.47 Å². The van der Waals surface area contributed by atoms with Crippen molar-refractivity contribution in [1.29, 1.82) is 5.26 Å². The average Bonchev–Trinajstić information content (AvgIpc) is 2.60. The van der Waals surface area contributed by atoms with E-state index in [1.54, 1.807) is 30.3 Å². The van der Waals surface area contributed by atoms with Crippen molar-refractivity contribution < 1.29 is 14.4 Å². The van der Waals surface area contributed by atoms with E-state index in [-0.39, 0.29) is 10.7 Å². The van der Waals surface area contributed by atoms with Gasteiger partial charge in [-0.15, -0.1) is 0 Å². The zero-order valence-corrected chi connectivity index (χ0v) is 13.7. The molecule has 0 amide bonds. The zero-order valence-electron chi connectivity index (χ0n) is 12.9. The molecular formula is C17H13ClN2O4. The second-order valence-corrected chi connectivity index (χ2v) is 5.11. The molecule has 2 aromatic carbocycles. The molecule has 0 saturated carbocycles. The highest BCUT2D eigenvalue weighted by atomic mass is 35.5. The van der Waals surface area contributed by atoms with E-state index >= 15 is 0 Å². The van der Waals surface area contributed by atoms with Crippen LogP contribution in [0, 0.1) is 21.4 Å². The van der Waals surface area contributed by atoms with E-state index in [0.29, 0.717) is 28.2 Å². The van der Waals surface area contributed by atoms with Crippen LogP contribution < -0.4 is 9.47 Å². The Hall–Kier alpha value is -3.04. The predicted octanol–water partition coefficient (Wildman–Crippen LogP) is 4.33. The second-order valence-electron chi connectivity index (χ2n) is 4.71. The van der Waals surface area contributed by atoms with Gasteiger partial charge in [0.15, 0.2) is 11.5 Å². The standard InChI is InChI=1S/C17H13ClN2O4/c1-23-16-6-4-12(9-17(16)24-2)13(10-19)7-11-3-5-14(18)15(8-11)20(21)22/h3-9H,1-2H3/b13-7+. The smallest absolute Gasteiger partial charge is 0.288 e. The van der Waals surface area contributed by atoms with Crippen molar-refractivity contribution >= 4 is 28.9 Å². The molecular weight excluding hydrogens is 332 g/mol. The lowest BCUT2D eigenvalue weighted by atomic mass is 10.0. The maximum Gasteiger partial charge on any atom is 0.288 e. The van der Waals surface area contributed by atoms with Gasteiger partial charge in [-0.3, -0.25) is 10.1 Å². The maximum atomic E-state index is 11.0. The topological polar surface area (TPSA) is 85.4 Å². The summed E-state index contributed by atoms with van der Waals surface area (Å²) in [6.45, 7) is 0. The van der Waals surface area contributed by atoms with Crippen LogP contribution in [-0.2, 0) is 0 Å². The van der Waals surface area contributed by atoms with Crippen LogP contribution in [0.15, 0.2) is 36.4 Å². The van der Waals surface area contributed by atoms with Crippen LogP contribution in [0.25, 0.3) is 11.6 Å². The van der Waals surface area contributed by atoms with Crippen molar-refractivity contribution in [2.75, 3.05) is 14.2 Å². The molecule has 2 aromatic rings. The molecule has 7 heteroatoms. The molecule has 0 spiro atoms. The van der Waals surface area contributed by atoms with Crippen molar-refractivity contribution in [2.24, 2.45) is 0 Å². The highest BCUT2D eigenvalue weighted by Gasteiger charge is 2.13. The van der Waals surface area contributed by atoms with Gasteiger partial charge in [0.05, 0.1) is 30.8 Å². The number of nitro benzene ring substituents is 1. The lowest BCUT2D eigenvalue weighted by Gasteiger charge is -2.09. The highest BCUT2D eigenvalue weighted by Crippen LogP contribution is 2.32. The molecule has 0 fully saturated rings. The summed E-state index contributed by atoms with van der Waals surface area (Å²) >= 11 is 5.79. The SMILES string of the molecule is COc1ccc(/C(C#N)=C/c2ccc(Cl)c([N+](=O)[O-])c2)cc1OC. The first-order valence-electron chi connectivity index (χ1n) is 6.78. The fraction of sp³-hybridized carbons (Fsp3) is 0.118. The number of halogens is 1. The summed E-state index contributed by atoms with van der Waals surface area (Å²) < 4.78 is 10.4. The van der Waals surface area contributed by atoms with Gasteiger partial charge in [0, 0.05) is 6.07 Å². The number of nitro groups is 1. The van der Waals surface area contributed by atoms with Gasteiger partial charge in [0.2, 0.25) is 0 Å². The predicted molar refractivity (Wildman–Crippen MR) is 91.1 cm³/mol. The summed E-state index contributed by atoms with van der Waals surface area (Å²) in [5.41, 5.74) is 1.22. The number of nitrogens with zero attached hydrogens (tertiary/aromatic N) is 2. The summed E-state index contributed by atoms with van der Waals surface area (Å²) in [5.74, 6) is 1.03. The van der Waals surface area contributed by atoms with E-state index in [9.17, 15) is 15.4 Å². The Kier molecular flexibility index (Phi) is 5.40. The summed E-state index contributed by atoms with van der Waals surface area (Å²) in [4.78, 5) is 10.4. The number of methoxy groups -OCH3 is 2. The van der Waals surface area contributed by atoms with Crippen LogP contribution in [-0.4, -0.2) is 19.1 Å². The molecule has 0 aliphatic heterocycles. The van der Waals surface area contributed by atoms with Crippen molar-refractivity contribution in [2.45, 2.75) is 0 Å². The van der Waals surface area contributed by atoms with Crippen molar-refractivity contribution in [1.82, 2.24) is 0 Å². The fourth-order valence-corrected chi connectivity index (χ4v) is 2.30. The number of hydrogen-bond acceptors (Lipinski definition) is 5. The fourth-order valence-electron chi connectivity index (χ4n) is 2.11. The Labute approximate surface area is 143 Å². The summed E-state index contributed by atoms with van der Waals surface area (Å²) in [7, 11) is 3.02. The molecule has 122 valence electrons. The second kappa shape index (κ2) is 7.49. The Morgan fingerprint density at radius 1 is 1.21 bits per heavy atom. The molecule has 0 aromatic heterocycles. The van der Waals surface area contributed by atoms with E-state index in [2.05, 4.69) is 6.07 Å². The number of allylic oxidation sites excluding steroid dienone is 1. The molecule has 0 aliphatic carbocycles. The first-order valence-corrected chi connectivity index (χ1v) is 7.16. The van der Waals surface area contributed by atoms with E-state index in [4.69, 9.17) is 21.1 Å². The molecule has 2 rings (SSSR count). The number of rotatable bonds is 5. The van der Waals surface area contributed by atoms with Crippen LogP contribution in [0.5, 0.6) is 11.5 Å². The normalized spacial score (nSPS) is 10.8. The van der Waals surface area contributed by atoms with Crippen LogP contribution in [0.1, 0.15) is 11.1 Å². The highest BCUT2D eigenvalue weighted by molar-refractivity contribution is 6.32. The molecule has 6 nitrogen and oxygen atoms in total. The number of nitriles is 1. The minimum Gasteiger partial charge on any atom is -0.493 e. The van der Waals surface area contributed by atoms with Crippen LogP contribution in [0.2, 0.25) is 5.02 Å². The third-order valence-electron chi connectivity index (χ3n) is 3.29. The number of hydrogen-bond donors (Lipinski definition) is 0. The van der Waals surface area contributed by atoms with E-state index < -0.39 is 4.92 Å². The van der Waals surface area contributed by atoms with E-state index in [1.165, 1.54) is 26.4 Å². The largest absolute Gasteiger partial charge is 0.493 e. The molecule has 0 unspecified atom stereocenters. The van der Waals surface area contributed by atoms with Crippen molar-refractivity contribution in [3.8, 4) is 17.6 Å². The van der Waals surface area contributed by atoms with Crippen molar-refractivity contribution in [3.05, 3.63) is 62.7 Å². The molecule has 0 bridgehead atoms. The first-order chi connectivity index (χ1) is 11.5. The van der Waals surface area contributed by atoms with Gasteiger partial charge in [-0.1, -0.05) is 17.7 Å². The Morgan fingerprint density at radius 3 is 2.50 bits per heavy atom. The Morgan fingerprint density at radius 2 is 1.92 bits per heavy atom. The maximum absolute atomic E-state index is 11.0. The van der Waals surface area contributed by atoms with E-state index in [0.717, 1.165) is 0 Å². The number of benzene rings is 2. The molecule has 0 saturated heterocycles. The Bertz CT molecular complexity index is 856. The molecule has 0 aliphatic rings. The summed E-state index contributed by atoms with van der Waals surface area (Å²) in [6, 6.07) is 11.5. The van der Waals surface area contributed by atoms with Gasteiger partial charge in [-0.05, 0) is 41.5 Å². The molecule has 0 radical (unpaired) electrons. The van der Waals surface area contributed by atoms with Crippen LogP contribution >= 0.6 is 11.6 Å².